The van der Waals surface area contributed by atoms with Crippen LogP contribution in [0.5, 0.6) is 0 Å². The molecule has 4 fully saturated rings. The first-order valence-electron chi connectivity index (χ1n) is 7.03. The maximum absolute atomic E-state index is 11.3. The van der Waals surface area contributed by atoms with Crippen LogP contribution in [0.15, 0.2) is 0 Å². The average Bonchev–Trinajstić information content (AvgIpc) is 3.05. The quantitative estimate of drug-likeness (QED) is 0.731. The van der Waals surface area contributed by atoms with Gasteiger partial charge in [0.1, 0.15) is 0 Å². The molecule has 0 aromatic heterocycles. The Bertz CT molecular complexity index is 394. The highest BCUT2D eigenvalue weighted by molar-refractivity contribution is 5.72. The fourth-order valence-corrected chi connectivity index (χ4v) is 6.17. The minimum absolute atomic E-state index is 0.190. The van der Waals surface area contributed by atoms with E-state index < -0.39 is 11.9 Å². The van der Waals surface area contributed by atoms with Crippen molar-refractivity contribution in [2.75, 3.05) is 0 Å². The van der Waals surface area contributed by atoms with E-state index in [0.29, 0.717) is 23.7 Å². The standard InChI is InChI=1S/C14H18O4/c15-13(16)9-3-5-1-7(9)12-8-2-6(11(5)12)4-10(8)14(17)18/h5-12H,1-4H2,(H,15,16)(H,17,18). The van der Waals surface area contributed by atoms with Crippen LogP contribution in [0.3, 0.4) is 0 Å². The van der Waals surface area contributed by atoms with Gasteiger partial charge in [-0.15, -0.1) is 0 Å². The van der Waals surface area contributed by atoms with E-state index in [0.717, 1.165) is 25.7 Å². The van der Waals surface area contributed by atoms with Crippen LogP contribution in [-0.4, -0.2) is 22.2 Å². The Morgan fingerprint density at radius 2 is 1.17 bits per heavy atom. The summed E-state index contributed by atoms with van der Waals surface area (Å²) in [6.45, 7) is 0. The van der Waals surface area contributed by atoms with Crippen LogP contribution in [0.2, 0.25) is 0 Å². The Labute approximate surface area is 105 Å². The predicted octanol–water partition coefficient (Wildman–Crippen LogP) is 1.70. The largest absolute Gasteiger partial charge is 0.481 e. The first-order chi connectivity index (χ1) is 8.58. The van der Waals surface area contributed by atoms with Gasteiger partial charge in [-0.05, 0) is 61.2 Å². The molecule has 4 aliphatic carbocycles. The molecular formula is C14H18O4. The topological polar surface area (TPSA) is 74.6 Å². The number of rotatable bonds is 2. The Morgan fingerprint density at radius 1 is 0.722 bits per heavy atom. The van der Waals surface area contributed by atoms with E-state index in [1.807, 2.05) is 0 Å². The van der Waals surface area contributed by atoms with Gasteiger partial charge in [0.2, 0.25) is 0 Å². The van der Waals surface area contributed by atoms with E-state index in [9.17, 15) is 19.8 Å². The number of aliphatic carboxylic acids is 2. The summed E-state index contributed by atoms with van der Waals surface area (Å²) in [5.41, 5.74) is 0. The van der Waals surface area contributed by atoms with Crippen molar-refractivity contribution in [2.24, 2.45) is 47.3 Å². The summed E-state index contributed by atoms with van der Waals surface area (Å²) in [6.07, 6.45) is 3.79. The minimum Gasteiger partial charge on any atom is -0.481 e. The van der Waals surface area contributed by atoms with Gasteiger partial charge in [-0.1, -0.05) is 0 Å². The Balaban J connectivity index is 1.65. The molecule has 4 aliphatic rings. The summed E-state index contributed by atoms with van der Waals surface area (Å²) in [7, 11) is 0. The van der Waals surface area contributed by atoms with Gasteiger partial charge < -0.3 is 10.2 Å². The molecule has 0 amide bonds. The van der Waals surface area contributed by atoms with Crippen LogP contribution in [0, 0.1) is 47.3 Å². The van der Waals surface area contributed by atoms with Gasteiger partial charge in [0, 0.05) is 0 Å². The lowest BCUT2D eigenvalue weighted by atomic mass is 9.65. The van der Waals surface area contributed by atoms with Gasteiger partial charge in [0.25, 0.3) is 0 Å². The molecule has 4 bridgehead atoms. The number of carboxylic acids is 2. The van der Waals surface area contributed by atoms with Crippen LogP contribution in [0.25, 0.3) is 0 Å². The lowest BCUT2D eigenvalue weighted by molar-refractivity contribution is -0.148. The second-order valence-corrected chi connectivity index (χ2v) is 6.83. The van der Waals surface area contributed by atoms with Crippen LogP contribution in [0.4, 0.5) is 0 Å². The van der Waals surface area contributed by atoms with Crippen molar-refractivity contribution in [1.82, 2.24) is 0 Å². The van der Waals surface area contributed by atoms with Gasteiger partial charge in [0.15, 0.2) is 0 Å². The molecule has 4 rings (SSSR count). The molecule has 0 aromatic rings. The van der Waals surface area contributed by atoms with Crippen LogP contribution < -0.4 is 0 Å². The number of carboxylic acid groups (broad SMARTS) is 2. The third-order valence-electron chi connectivity index (χ3n) is 6.45. The first kappa shape index (κ1) is 10.8. The fraction of sp³-hybridized carbons (Fsp3) is 0.857. The molecule has 2 N–H and O–H groups in total. The Morgan fingerprint density at radius 3 is 1.56 bits per heavy atom. The maximum Gasteiger partial charge on any atom is 0.306 e. The van der Waals surface area contributed by atoms with E-state index in [1.54, 1.807) is 0 Å². The van der Waals surface area contributed by atoms with Gasteiger partial charge in [-0.2, -0.15) is 0 Å². The highest BCUT2D eigenvalue weighted by Gasteiger charge is 2.66. The predicted molar refractivity (Wildman–Crippen MR) is 61.7 cm³/mol. The highest BCUT2D eigenvalue weighted by atomic mass is 16.4. The molecule has 0 heterocycles. The van der Waals surface area contributed by atoms with Crippen molar-refractivity contribution in [3.63, 3.8) is 0 Å². The summed E-state index contributed by atoms with van der Waals surface area (Å²) >= 11 is 0. The second kappa shape index (κ2) is 3.28. The number of carbonyl (C=O) groups is 2. The number of hydrogen-bond donors (Lipinski definition) is 2. The second-order valence-electron chi connectivity index (χ2n) is 6.83. The third kappa shape index (κ3) is 1.12. The zero-order valence-electron chi connectivity index (χ0n) is 10.2. The van der Waals surface area contributed by atoms with Crippen molar-refractivity contribution in [1.29, 1.82) is 0 Å². The fourth-order valence-electron chi connectivity index (χ4n) is 6.17. The summed E-state index contributed by atoms with van der Waals surface area (Å²) in [6, 6.07) is 0. The van der Waals surface area contributed by atoms with E-state index in [4.69, 9.17) is 0 Å². The van der Waals surface area contributed by atoms with Gasteiger partial charge >= 0.3 is 11.9 Å². The molecule has 6 unspecified atom stereocenters. The number of fused-ring (bicyclic) bond motifs is 9. The zero-order valence-corrected chi connectivity index (χ0v) is 10.2. The summed E-state index contributed by atoms with van der Waals surface area (Å²) in [5, 5.41) is 18.6. The molecule has 0 radical (unpaired) electrons. The van der Waals surface area contributed by atoms with Gasteiger partial charge in [-0.3, -0.25) is 9.59 Å². The molecule has 0 spiro atoms. The van der Waals surface area contributed by atoms with E-state index in [1.165, 1.54) is 0 Å². The molecule has 98 valence electrons. The smallest absolute Gasteiger partial charge is 0.306 e. The molecular weight excluding hydrogens is 232 g/mol. The van der Waals surface area contributed by atoms with Crippen LogP contribution in [-0.2, 0) is 9.59 Å². The molecule has 6 atom stereocenters. The normalized spacial score (nSPS) is 55.8. The summed E-state index contributed by atoms with van der Waals surface area (Å²) < 4.78 is 0. The monoisotopic (exact) mass is 250 g/mol. The molecule has 0 aromatic carbocycles. The molecule has 4 nitrogen and oxygen atoms in total. The Hall–Kier alpha value is -1.06. The SMILES string of the molecule is O=C(O)C1CC2CC1C1C3CC(CC3C(=O)O)C21. The Kier molecular flexibility index (Phi) is 1.97. The van der Waals surface area contributed by atoms with Crippen molar-refractivity contribution in [3.8, 4) is 0 Å². The maximum atomic E-state index is 11.3. The van der Waals surface area contributed by atoms with Crippen molar-refractivity contribution in [2.45, 2.75) is 25.7 Å². The van der Waals surface area contributed by atoms with Crippen LogP contribution >= 0.6 is 0 Å². The first-order valence-corrected chi connectivity index (χ1v) is 7.03. The van der Waals surface area contributed by atoms with Gasteiger partial charge in [-0.25, -0.2) is 0 Å². The molecule has 4 saturated carbocycles. The minimum atomic E-state index is -0.657. The van der Waals surface area contributed by atoms with E-state index >= 15 is 0 Å². The molecule has 0 saturated heterocycles. The molecule has 4 heteroatoms. The van der Waals surface area contributed by atoms with Crippen molar-refractivity contribution < 1.29 is 19.8 Å². The van der Waals surface area contributed by atoms with Crippen molar-refractivity contribution in [3.05, 3.63) is 0 Å². The lowest BCUT2D eigenvalue weighted by Gasteiger charge is -2.39. The summed E-state index contributed by atoms with van der Waals surface area (Å²) in [4.78, 5) is 22.6. The van der Waals surface area contributed by atoms with Crippen LogP contribution in [0.1, 0.15) is 25.7 Å². The van der Waals surface area contributed by atoms with E-state index in [-0.39, 0.29) is 23.7 Å². The average molecular weight is 250 g/mol. The molecule has 18 heavy (non-hydrogen) atoms. The third-order valence-corrected chi connectivity index (χ3v) is 6.45. The zero-order chi connectivity index (χ0) is 12.6. The molecule has 0 aliphatic heterocycles. The highest BCUT2D eigenvalue weighted by Crippen LogP contribution is 2.70. The lowest BCUT2D eigenvalue weighted by Crippen LogP contribution is -2.40. The summed E-state index contributed by atoms with van der Waals surface area (Å²) in [5.74, 6) is 1.07. The van der Waals surface area contributed by atoms with E-state index in [2.05, 4.69) is 0 Å². The number of hydrogen-bond acceptors (Lipinski definition) is 2. The van der Waals surface area contributed by atoms with Crippen molar-refractivity contribution >= 4 is 11.9 Å². The van der Waals surface area contributed by atoms with Gasteiger partial charge in [0.05, 0.1) is 11.8 Å².